The minimum atomic E-state index is -0.0874. The third-order valence-electron chi connectivity index (χ3n) is 4.40. The Labute approximate surface area is 107 Å². The average Bonchev–Trinajstić information content (AvgIpc) is 2.87. The van der Waals surface area contributed by atoms with Crippen LogP contribution in [0.15, 0.2) is 12.1 Å². The van der Waals surface area contributed by atoms with Gasteiger partial charge in [0.25, 0.3) is 0 Å². The summed E-state index contributed by atoms with van der Waals surface area (Å²) in [6.07, 6.45) is 2.24. The molecule has 0 radical (unpaired) electrons. The number of aromatic nitrogens is 1. The summed E-state index contributed by atoms with van der Waals surface area (Å²) in [6.45, 7) is 7.31. The van der Waals surface area contributed by atoms with E-state index in [4.69, 9.17) is 0 Å². The fraction of sp³-hybridized carbons (Fsp3) is 0.467. The maximum atomic E-state index is 10.6. The van der Waals surface area contributed by atoms with Crippen LogP contribution in [0.5, 0.6) is 5.75 Å². The van der Waals surface area contributed by atoms with Crippen LogP contribution in [0.2, 0.25) is 0 Å². The van der Waals surface area contributed by atoms with Gasteiger partial charge in [0.05, 0.1) is 0 Å². The second-order valence-electron chi connectivity index (χ2n) is 5.62. The first-order valence-corrected chi connectivity index (χ1v) is 6.59. The van der Waals surface area contributed by atoms with Gasteiger partial charge in [0.1, 0.15) is 5.75 Å². The third kappa shape index (κ3) is 1.47. The Bertz CT molecular complexity index is 606. The van der Waals surface area contributed by atoms with E-state index in [1.54, 1.807) is 0 Å². The number of phenols is 1. The van der Waals surface area contributed by atoms with Crippen LogP contribution in [0.3, 0.4) is 0 Å². The first-order valence-electron chi connectivity index (χ1n) is 6.59. The molecule has 0 saturated carbocycles. The Balaban J connectivity index is 2.25. The Kier molecular flexibility index (Phi) is 2.42. The molecule has 3 N–H and O–H groups in total. The number of H-pyrrole nitrogens is 1. The van der Waals surface area contributed by atoms with E-state index in [-0.39, 0.29) is 5.54 Å². The van der Waals surface area contributed by atoms with Crippen LogP contribution in [0.25, 0.3) is 10.9 Å². The van der Waals surface area contributed by atoms with E-state index < -0.39 is 0 Å². The molecule has 2 heterocycles. The standard InChI is InChI=1S/C15H20N2O/c1-9-10(2)17-12-6-5-11(14(18)13(9)12)15(3)7-4-8-16-15/h5-6,16-18H,4,7-8H2,1-3H3. The Morgan fingerprint density at radius 2 is 2.06 bits per heavy atom. The van der Waals surface area contributed by atoms with Crippen LogP contribution in [0, 0.1) is 13.8 Å². The highest BCUT2D eigenvalue weighted by molar-refractivity contribution is 5.91. The molecule has 1 aliphatic rings. The predicted octanol–water partition coefficient (Wildman–Crippen LogP) is 3.09. The lowest BCUT2D eigenvalue weighted by Gasteiger charge is -2.26. The number of benzene rings is 1. The fourth-order valence-corrected chi connectivity index (χ4v) is 3.13. The van der Waals surface area contributed by atoms with Crippen molar-refractivity contribution in [1.29, 1.82) is 0 Å². The molecule has 0 amide bonds. The molecule has 96 valence electrons. The van der Waals surface area contributed by atoms with Gasteiger partial charge in [0.15, 0.2) is 0 Å². The molecule has 0 bridgehead atoms. The normalized spacial score (nSPS) is 23.9. The summed E-state index contributed by atoms with van der Waals surface area (Å²) in [7, 11) is 0. The number of rotatable bonds is 1. The maximum absolute atomic E-state index is 10.6. The molecule has 0 aliphatic carbocycles. The van der Waals surface area contributed by atoms with Crippen molar-refractivity contribution in [2.75, 3.05) is 6.54 Å². The summed E-state index contributed by atoms with van der Waals surface area (Å²) >= 11 is 0. The first kappa shape index (κ1) is 11.6. The van der Waals surface area contributed by atoms with Crippen LogP contribution in [-0.2, 0) is 5.54 Å². The van der Waals surface area contributed by atoms with Gasteiger partial charge in [-0.2, -0.15) is 0 Å². The van der Waals surface area contributed by atoms with Crippen molar-refractivity contribution in [2.45, 2.75) is 39.2 Å². The van der Waals surface area contributed by atoms with E-state index >= 15 is 0 Å². The first-order chi connectivity index (χ1) is 8.53. The fourth-order valence-electron chi connectivity index (χ4n) is 3.13. The smallest absolute Gasteiger partial charge is 0.130 e. The summed E-state index contributed by atoms with van der Waals surface area (Å²) in [4.78, 5) is 3.32. The van der Waals surface area contributed by atoms with Crippen LogP contribution in [0.4, 0.5) is 0 Å². The number of hydrogen-bond donors (Lipinski definition) is 3. The lowest BCUT2D eigenvalue weighted by atomic mass is 9.88. The third-order valence-corrected chi connectivity index (χ3v) is 4.40. The van der Waals surface area contributed by atoms with Gasteiger partial charge in [-0.05, 0) is 51.8 Å². The quantitative estimate of drug-likeness (QED) is 0.722. The molecule has 1 unspecified atom stereocenters. The largest absolute Gasteiger partial charge is 0.507 e. The molecule has 1 fully saturated rings. The lowest BCUT2D eigenvalue weighted by molar-refractivity contribution is 0.397. The van der Waals surface area contributed by atoms with E-state index in [1.165, 1.54) is 6.42 Å². The lowest BCUT2D eigenvalue weighted by Crippen LogP contribution is -2.33. The van der Waals surface area contributed by atoms with Crippen molar-refractivity contribution in [1.82, 2.24) is 10.3 Å². The Hall–Kier alpha value is -1.48. The second kappa shape index (κ2) is 3.75. The summed E-state index contributed by atoms with van der Waals surface area (Å²) in [5.41, 5.74) is 4.23. The minimum absolute atomic E-state index is 0.0874. The zero-order valence-corrected chi connectivity index (χ0v) is 11.2. The van der Waals surface area contributed by atoms with E-state index in [0.717, 1.165) is 40.7 Å². The average molecular weight is 244 g/mol. The van der Waals surface area contributed by atoms with Gasteiger partial charge in [-0.1, -0.05) is 6.07 Å². The van der Waals surface area contributed by atoms with E-state index in [9.17, 15) is 5.11 Å². The molecule has 3 rings (SSSR count). The number of hydrogen-bond acceptors (Lipinski definition) is 2. The molecule has 3 nitrogen and oxygen atoms in total. The monoisotopic (exact) mass is 244 g/mol. The molecule has 18 heavy (non-hydrogen) atoms. The van der Waals surface area contributed by atoms with Gasteiger partial charge in [-0.3, -0.25) is 0 Å². The number of aromatic hydroxyl groups is 1. The second-order valence-corrected chi connectivity index (χ2v) is 5.62. The van der Waals surface area contributed by atoms with Gasteiger partial charge >= 0.3 is 0 Å². The van der Waals surface area contributed by atoms with Crippen molar-refractivity contribution in [3.63, 3.8) is 0 Å². The van der Waals surface area contributed by atoms with Gasteiger partial charge in [0, 0.05) is 27.7 Å². The summed E-state index contributed by atoms with van der Waals surface area (Å²) < 4.78 is 0. The van der Waals surface area contributed by atoms with Crippen LogP contribution < -0.4 is 5.32 Å². The van der Waals surface area contributed by atoms with E-state index in [0.29, 0.717) is 5.75 Å². The van der Waals surface area contributed by atoms with Gasteiger partial charge in [-0.25, -0.2) is 0 Å². The van der Waals surface area contributed by atoms with Crippen LogP contribution in [-0.4, -0.2) is 16.6 Å². The molecule has 2 aromatic rings. The molecular formula is C15H20N2O. The summed E-state index contributed by atoms with van der Waals surface area (Å²) in [5, 5.41) is 15.1. The Morgan fingerprint density at radius 3 is 2.72 bits per heavy atom. The van der Waals surface area contributed by atoms with E-state index in [2.05, 4.69) is 30.2 Å². The van der Waals surface area contributed by atoms with Gasteiger partial charge in [-0.15, -0.1) is 0 Å². The van der Waals surface area contributed by atoms with Gasteiger partial charge in [0.2, 0.25) is 0 Å². The van der Waals surface area contributed by atoms with Crippen molar-refractivity contribution < 1.29 is 5.11 Å². The van der Waals surface area contributed by atoms with Crippen molar-refractivity contribution in [3.05, 3.63) is 29.0 Å². The highest BCUT2D eigenvalue weighted by Crippen LogP contribution is 2.41. The molecule has 1 aromatic heterocycles. The molecule has 1 atom stereocenters. The molecule has 3 heteroatoms. The van der Waals surface area contributed by atoms with Crippen molar-refractivity contribution in [3.8, 4) is 5.75 Å². The SMILES string of the molecule is Cc1[nH]c2ccc(C3(C)CCCN3)c(O)c2c1C. The molecule has 1 aromatic carbocycles. The molecule has 0 spiro atoms. The molecular weight excluding hydrogens is 224 g/mol. The number of fused-ring (bicyclic) bond motifs is 1. The van der Waals surface area contributed by atoms with Gasteiger partial charge < -0.3 is 15.4 Å². The highest BCUT2D eigenvalue weighted by atomic mass is 16.3. The predicted molar refractivity (Wildman–Crippen MR) is 74.0 cm³/mol. The molecule has 1 aliphatic heterocycles. The minimum Gasteiger partial charge on any atom is -0.507 e. The summed E-state index contributed by atoms with van der Waals surface area (Å²) in [6, 6.07) is 4.13. The van der Waals surface area contributed by atoms with E-state index in [1.807, 2.05) is 13.0 Å². The number of phenolic OH excluding ortho intramolecular Hbond substituents is 1. The van der Waals surface area contributed by atoms with Crippen LogP contribution >= 0.6 is 0 Å². The number of nitrogens with one attached hydrogen (secondary N) is 2. The Morgan fingerprint density at radius 1 is 1.28 bits per heavy atom. The number of aryl methyl sites for hydroxylation is 2. The zero-order valence-electron chi connectivity index (χ0n) is 11.2. The van der Waals surface area contributed by atoms with Crippen molar-refractivity contribution >= 4 is 10.9 Å². The maximum Gasteiger partial charge on any atom is 0.130 e. The van der Waals surface area contributed by atoms with Crippen LogP contribution in [0.1, 0.15) is 36.6 Å². The highest BCUT2D eigenvalue weighted by Gasteiger charge is 2.33. The number of aromatic amines is 1. The zero-order chi connectivity index (χ0) is 12.9. The van der Waals surface area contributed by atoms with Crippen molar-refractivity contribution in [2.24, 2.45) is 0 Å². The molecule has 1 saturated heterocycles. The topological polar surface area (TPSA) is 48.0 Å². The summed E-state index contributed by atoms with van der Waals surface area (Å²) in [5.74, 6) is 0.436.